The van der Waals surface area contributed by atoms with Crippen LogP contribution in [0.25, 0.3) is 0 Å². The Hall–Kier alpha value is -1.36. The summed E-state index contributed by atoms with van der Waals surface area (Å²) in [5.41, 5.74) is 1.68. The van der Waals surface area contributed by atoms with E-state index in [-0.39, 0.29) is 17.9 Å². The van der Waals surface area contributed by atoms with Crippen LogP contribution in [0.4, 0.5) is 0 Å². The molecule has 0 bridgehead atoms. The van der Waals surface area contributed by atoms with Gasteiger partial charge in [0.25, 0.3) is 5.91 Å². The van der Waals surface area contributed by atoms with Crippen LogP contribution in [0.3, 0.4) is 0 Å². The van der Waals surface area contributed by atoms with Gasteiger partial charge in [-0.1, -0.05) is 20.8 Å². The number of hydrogen-bond acceptors (Lipinski definition) is 3. The van der Waals surface area contributed by atoms with Gasteiger partial charge < -0.3 is 10.0 Å². The SMILES string of the molecule is CCC1(CO)CCN(C(=O)c2cnn(CC(C)C)c2C)CC1. The van der Waals surface area contributed by atoms with E-state index < -0.39 is 0 Å². The van der Waals surface area contributed by atoms with Crippen molar-refractivity contribution in [2.45, 2.75) is 53.5 Å². The third-order valence-corrected chi connectivity index (χ3v) is 5.07. The van der Waals surface area contributed by atoms with Gasteiger partial charge in [-0.2, -0.15) is 5.10 Å². The molecular weight excluding hydrogens is 278 g/mol. The Labute approximate surface area is 133 Å². The van der Waals surface area contributed by atoms with Crippen LogP contribution in [0.1, 0.15) is 56.1 Å². The Kier molecular flexibility index (Phi) is 5.27. The number of carbonyl (C=O) groups is 1. The average Bonchev–Trinajstić information content (AvgIpc) is 2.87. The van der Waals surface area contributed by atoms with Gasteiger partial charge in [0, 0.05) is 31.9 Å². The molecule has 1 fully saturated rings. The zero-order chi connectivity index (χ0) is 16.3. The van der Waals surface area contributed by atoms with Gasteiger partial charge in [0.1, 0.15) is 0 Å². The molecule has 2 heterocycles. The number of carbonyl (C=O) groups excluding carboxylic acids is 1. The van der Waals surface area contributed by atoms with Crippen LogP contribution in [0, 0.1) is 18.3 Å². The monoisotopic (exact) mass is 307 g/mol. The highest BCUT2D eigenvalue weighted by Crippen LogP contribution is 2.34. The number of rotatable bonds is 5. The third-order valence-electron chi connectivity index (χ3n) is 5.07. The van der Waals surface area contributed by atoms with Crippen molar-refractivity contribution in [1.82, 2.24) is 14.7 Å². The average molecular weight is 307 g/mol. The maximum Gasteiger partial charge on any atom is 0.257 e. The van der Waals surface area contributed by atoms with E-state index in [1.54, 1.807) is 6.20 Å². The lowest BCUT2D eigenvalue weighted by molar-refractivity contribution is 0.0337. The van der Waals surface area contributed by atoms with Crippen molar-refractivity contribution < 1.29 is 9.90 Å². The minimum atomic E-state index is 0.00759. The van der Waals surface area contributed by atoms with Crippen molar-refractivity contribution in [3.05, 3.63) is 17.5 Å². The summed E-state index contributed by atoms with van der Waals surface area (Å²) in [6.45, 7) is 10.9. The maximum atomic E-state index is 12.7. The van der Waals surface area contributed by atoms with Gasteiger partial charge in [0.15, 0.2) is 0 Å². The van der Waals surface area contributed by atoms with E-state index >= 15 is 0 Å². The van der Waals surface area contributed by atoms with Gasteiger partial charge in [-0.25, -0.2) is 0 Å². The fourth-order valence-electron chi connectivity index (χ4n) is 3.16. The Morgan fingerprint density at radius 1 is 1.41 bits per heavy atom. The molecule has 1 aromatic heterocycles. The van der Waals surface area contributed by atoms with Crippen molar-refractivity contribution >= 4 is 5.91 Å². The molecule has 22 heavy (non-hydrogen) atoms. The summed E-state index contributed by atoms with van der Waals surface area (Å²) in [6, 6.07) is 0. The predicted octanol–water partition coefficient (Wildman–Crippen LogP) is 2.47. The van der Waals surface area contributed by atoms with Crippen molar-refractivity contribution in [2.24, 2.45) is 11.3 Å². The molecular formula is C17H29N3O2. The van der Waals surface area contributed by atoms with Crippen LogP contribution < -0.4 is 0 Å². The second-order valence-corrected chi connectivity index (χ2v) is 7.02. The first kappa shape index (κ1) is 17.0. The van der Waals surface area contributed by atoms with Gasteiger partial charge in [-0.3, -0.25) is 9.48 Å². The molecule has 124 valence electrons. The highest BCUT2D eigenvalue weighted by molar-refractivity contribution is 5.95. The molecule has 0 saturated carbocycles. The molecule has 0 spiro atoms. The standard InChI is InChI=1S/C17H29N3O2/c1-5-17(12-21)6-8-19(9-7-17)16(22)15-10-18-20(14(15)4)11-13(2)3/h10,13,21H,5-9,11-12H2,1-4H3. The van der Waals surface area contributed by atoms with Gasteiger partial charge >= 0.3 is 0 Å². The fourth-order valence-corrected chi connectivity index (χ4v) is 3.16. The van der Waals surface area contributed by atoms with Crippen LogP contribution in [0.15, 0.2) is 6.20 Å². The van der Waals surface area contributed by atoms with E-state index in [0.29, 0.717) is 11.5 Å². The Morgan fingerprint density at radius 2 is 2.05 bits per heavy atom. The van der Waals surface area contributed by atoms with E-state index in [1.165, 1.54) is 0 Å². The minimum absolute atomic E-state index is 0.00759. The third kappa shape index (κ3) is 3.35. The molecule has 0 aromatic carbocycles. The van der Waals surface area contributed by atoms with E-state index in [4.69, 9.17) is 0 Å². The van der Waals surface area contributed by atoms with Gasteiger partial charge in [0.2, 0.25) is 0 Å². The van der Waals surface area contributed by atoms with Crippen LogP contribution in [0.2, 0.25) is 0 Å². The highest BCUT2D eigenvalue weighted by Gasteiger charge is 2.34. The quantitative estimate of drug-likeness (QED) is 0.909. The number of nitrogens with zero attached hydrogens (tertiary/aromatic N) is 3. The smallest absolute Gasteiger partial charge is 0.257 e. The fraction of sp³-hybridized carbons (Fsp3) is 0.765. The van der Waals surface area contributed by atoms with Crippen molar-refractivity contribution in [3.8, 4) is 0 Å². The molecule has 2 rings (SSSR count). The second kappa shape index (κ2) is 6.82. The van der Waals surface area contributed by atoms with E-state index in [9.17, 15) is 9.90 Å². The van der Waals surface area contributed by atoms with Crippen molar-refractivity contribution in [3.63, 3.8) is 0 Å². The lowest BCUT2D eigenvalue weighted by atomic mass is 9.77. The molecule has 0 atom stereocenters. The molecule has 5 heteroatoms. The number of likely N-dealkylation sites (tertiary alicyclic amines) is 1. The molecule has 1 saturated heterocycles. The Bertz CT molecular complexity index is 508. The predicted molar refractivity (Wildman–Crippen MR) is 86.7 cm³/mol. The van der Waals surface area contributed by atoms with Gasteiger partial charge in [-0.15, -0.1) is 0 Å². The lowest BCUT2D eigenvalue weighted by Gasteiger charge is -2.40. The summed E-state index contributed by atoms with van der Waals surface area (Å²) in [6.07, 6.45) is 4.43. The zero-order valence-corrected chi connectivity index (χ0v) is 14.3. The first-order valence-electron chi connectivity index (χ1n) is 8.35. The van der Waals surface area contributed by atoms with E-state index in [0.717, 1.165) is 44.6 Å². The molecule has 1 aliphatic rings. The maximum absolute atomic E-state index is 12.7. The molecule has 5 nitrogen and oxygen atoms in total. The second-order valence-electron chi connectivity index (χ2n) is 7.02. The van der Waals surface area contributed by atoms with Gasteiger partial charge in [-0.05, 0) is 37.5 Å². The summed E-state index contributed by atoms with van der Waals surface area (Å²) >= 11 is 0. The molecule has 1 aliphatic heterocycles. The van der Waals surface area contributed by atoms with Crippen LogP contribution >= 0.6 is 0 Å². The Balaban J connectivity index is 2.06. The first-order chi connectivity index (χ1) is 10.4. The van der Waals surface area contributed by atoms with Crippen LogP contribution in [-0.2, 0) is 6.54 Å². The first-order valence-corrected chi connectivity index (χ1v) is 8.35. The number of amides is 1. The topological polar surface area (TPSA) is 58.4 Å². The lowest BCUT2D eigenvalue weighted by Crippen LogP contribution is -2.44. The van der Waals surface area contributed by atoms with Crippen LogP contribution in [0.5, 0.6) is 0 Å². The van der Waals surface area contributed by atoms with Crippen LogP contribution in [-0.4, -0.2) is 45.4 Å². The molecule has 0 aliphatic carbocycles. The number of aromatic nitrogens is 2. The zero-order valence-electron chi connectivity index (χ0n) is 14.3. The Morgan fingerprint density at radius 3 is 2.55 bits per heavy atom. The molecule has 1 N–H and O–H groups in total. The molecule has 0 radical (unpaired) electrons. The van der Waals surface area contributed by atoms with Crippen molar-refractivity contribution in [2.75, 3.05) is 19.7 Å². The molecule has 0 unspecified atom stereocenters. The summed E-state index contributed by atoms with van der Waals surface area (Å²) in [4.78, 5) is 14.6. The van der Waals surface area contributed by atoms with Crippen molar-refractivity contribution in [1.29, 1.82) is 0 Å². The number of aliphatic hydroxyl groups excluding tert-OH is 1. The van der Waals surface area contributed by atoms with Gasteiger partial charge in [0.05, 0.1) is 11.8 Å². The number of piperidine rings is 1. The minimum Gasteiger partial charge on any atom is -0.396 e. The summed E-state index contributed by atoms with van der Waals surface area (Å²) < 4.78 is 1.92. The normalized spacial score (nSPS) is 18.0. The van der Waals surface area contributed by atoms with E-state index in [1.807, 2.05) is 16.5 Å². The van der Waals surface area contributed by atoms with E-state index in [2.05, 4.69) is 25.9 Å². The summed E-state index contributed by atoms with van der Waals surface area (Å²) in [7, 11) is 0. The molecule has 1 aromatic rings. The number of hydrogen-bond donors (Lipinski definition) is 1. The summed E-state index contributed by atoms with van der Waals surface area (Å²) in [5, 5.41) is 14.0. The molecule has 1 amide bonds. The largest absolute Gasteiger partial charge is 0.396 e. The number of aliphatic hydroxyl groups is 1. The summed E-state index contributed by atoms with van der Waals surface area (Å²) in [5.74, 6) is 0.585. The highest BCUT2D eigenvalue weighted by atomic mass is 16.3.